The first-order chi connectivity index (χ1) is 8.09. The Morgan fingerprint density at radius 3 is 2.53 bits per heavy atom. The number of carboxylic acids is 1. The number of carbonyl (C=O) groups excluding carboxylic acids is 1. The number of unbranched alkanes of at least 4 members (excludes halogenated alkanes) is 4. The van der Waals surface area contributed by atoms with Gasteiger partial charge in [-0.05, 0) is 12.8 Å². The first kappa shape index (κ1) is 14.0. The molecule has 5 heteroatoms. The Labute approximate surface area is 102 Å². The summed E-state index contributed by atoms with van der Waals surface area (Å²) in [5, 5.41) is 11.4. The lowest BCUT2D eigenvalue weighted by atomic mass is 9.98. The van der Waals surface area contributed by atoms with E-state index >= 15 is 0 Å². The van der Waals surface area contributed by atoms with Crippen LogP contribution in [0.1, 0.15) is 51.4 Å². The zero-order valence-electron chi connectivity index (χ0n) is 10.2. The minimum atomic E-state index is -0.911. The predicted molar refractivity (Wildman–Crippen MR) is 64.5 cm³/mol. The molecule has 4 N–H and O–H groups in total. The second-order valence-electron chi connectivity index (χ2n) is 4.76. The number of carbonyl (C=O) groups is 2. The molecule has 0 bridgehead atoms. The third-order valence-electron chi connectivity index (χ3n) is 3.18. The minimum absolute atomic E-state index is 0.164. The van der Waals surface area contributed by atoms with Crippen molar-refractivity contribution in [1.82, 2.24) is 5.32 Å². The molecule has 1 aliphatic heterocycles. The second-order valence-corrected chi connectivity index (χ2v) is 4.76. The van der Waals surface area contributed by atoms with Crippen molar-refractivity contribution in [2.45, 2.75) is 63.5 Å². The fourth-order valence-corrected chi connectivity index (χ4v) is 2.01. The lowest BCUT2D eigenvalue weighted by Gasteiger charge is -2.26. The van der Waals surface area contributed by atoms with Crippen LogP contribution in [-0.2, 0) is 9.59 Å². The Hall–Kier alpha value is -1.10. The molecule has 1 fully saturated rings. The van der Waals surface area contributed by atoms with Crippen LogP contribution in [-0.4, -0.2) is 29.1 Å². The Balaban J connectivity index is 1.81. The van der Waals surface area contributed by atoms with Crippen LogP contribution in [0.5, 0.6) is 0 Å². The summed E-state index contributed by atoms with van der Waals surface area (Å²) in [6.07, 6.45) is 7.64. The van der Waals surface area contributed by atoms with Crippen LogP contribution in [0.15, 0.2) is 0 Å². The highest BCUT2D eigenvalue weighted by molar-refractivity contribution is 5.82. The lowest BCUT2D eigenvalue weighted by molar-refractivity contribution is -0.138. The number of β-lactam (4-membered cyclic amide) rings is 1. The number of hydrogen-bond donors (Lipinski definition) is 3. The van der Waals surface area contributed by atoms with E-state index in [-0.39, 0.29) is 5.91 Å². The van der Waals surface area contributed by atoms with Gasteiger partial charge in [0.15, 0.2) is 0 Å². The van der Waals surface area contributed by atoms with Gasteiger partial charge in [0.2, 0.25) is 5.91 Å². The SMILES string of the molecule is NC(CCCCCCCC1CC(=O)N1)C(=O)O. The maximum absolute atomic E-state index is 10.6. The van der Waals surface area contributed by atoms with Crippen molar-refractivity contribution in [1.29, 1.82) is 0 Å². The Morgan fingerprint density at radius 1 is 1.35 bits per heavy atom. The molecule has 0 spiro atoms. The summed E-state index contributed by atoms with van der Waals surface area (Å²) in [7, 11) is 0. The molecule has 0 aliphatic carbocycles. The van der Waals surface area contributed by atoms with Crippen LogP contribution in [0.2, 0.25) is 0 Å². The van der Waals surface area contributed by atoms with Crippen molar-refractivity contribution < 1.29 is 14.7 Å². The van der Waals surface area contributed by atoms with Crippen LogP contribution in [0.4, 0.5) is 0 Å². The third-order valence-corrected chi connectivity index (χ3v) is 3.18. The van der Waals surface area contributed by atoms with E-state index in [9.17, 15) is 9.59 Å². The van der Waals surface area contributed by atoms with Crippen LogP contribution in [0.3, 0.4) is 0 Å². The zero-order valence-corrected chi connectivity index (χ0v) is 10.2. The van der Waals surface area contributed by atoms with Crippen molar-refractivity contribution >= 4 is 11.9 Å². The molecule has 1 rings (SSSR count). The quantitative estimate of drug-likeness (QED) is 0.415. The maximum Gasteiger partial charge on any atom is 0.320 e. The van der Waals surface area contributed by atoms with Crippen molar-refractivity contribution in [2.24, 2.45) is 5.73 Å². The number of amides is 1. The van der Waals surface area contributed by atoms with E-state index in [1.165, 1.54) is 0 Å². The average Bonchev–Trinajstić information content (AvgIpc) is 2.24. The van der Waals surface area contributed by atoms with Gasteiger partial charge in [0.05, 0.1) is 0 Å². The number of rotatable bonds is 9. The Bertz CT molecular complexity index is 260. The summed E-state index contributed by atoms with van der Waals surface area (Å²) in [5.41, 5.74) is 5.40. The first-order valence-corrected chi connectivity index (χ1v) is 6.37. The number of hydrogen-bond acceptors (Lipinski definition) is 3. The van der Waals surface area contributed by atoms with Crippen LogP contribution in [0, 0.1) is 0 Å². The summed E-state index contributed by atoms with van der Waals surface area (Å²) >= 11 is 0. The Morgan fingerprint density at radius 2 is 1.94 bits per heavy atom. The topological polar surface area (TPSA) is 92.4 Å². The summed E-state index contributed by atoms with van der Waals surface area (Å²) in [5.74, 6) is -0.747. The van der Waals surface area contributed by atoms with Crippen molar-refractivity contribution in [2.75, 3.05) is 0 Å². The standard InChI is InChI=1S/C12H22N2O3/c13-10(12(16)17)7-5-3-1-2-4-6-9-8-11(15)14-9/h9-10H,1-8,13H2,(H,14,15)(H,16,17). The Kier molecular flexibility index (Phi) is 5.97. The predicted octanol–water partition coefficient (Wildman–Crippen LogP) is 1.02. The molecule has 0 aromatic rings. The van der Waals surface area contributed by atoms with E-state index in [0.717, 1.165) is 38.5 Å². The number of carboxylic acid groups (broad SMARTS) is 1. The molecule has 5 nitrogen and oxygen atoms in total. The second kappa shape index (κ2) is 7.27. The molecule has 1 amide bonds. The van der Waals surface area contributed by atoms with E-state index in [2.05, 4.69) is 5.32 Å². The molecular formula is C12H22N2O3. The normalized spacial score (nSPS) is 20.5. The molecule has 1 heterocycles. The largest absolute Gasteiger partial charge is 0.480 e. The number of aliphatic carboxylic acids is 1. The monoisotopic (exact) mass is 242 g/mol. The van der Waals surface area contributed by atoms with E-state index in [4.69, 9.17) is 10.8 Å². The van der Waals surface area contributed by atoms with Crippen molar-refractivity contribution in [3.63, 3.8) is 0 Å². The van der Waals surface area contributed by atoms with E-state index in [0.29, 0.717) is 18.9 Å². The van der Waals surface area contributed by atoms with Crippen molar-refractivity contribution in [3.8, 4) is 0 Å². The fraction of sp³-hybridized carbons (Fsp3) is 0.833. The number of nitrogens with one attached hydrogen (secondary N) is 1. The highest BCUT2D eigenvalue weighted by Gasteiger charge is 2.23. The lowest BCUT2D eigenvalue weighted by Crippen LogP contribution is -2.48. The average molecular weight is 242 g/mol. The van der Waals surface area contributed by atoms with Crippen LogP contribution >= 0.6 is 0 Å². The maximum atomic E-state index is 10.6. The van der Waals surface area contributed by atoms with E-state index < -0.39 is 12.0 Å². The van der Waals surface area contributed by atoms with Crippen LogP contribution < -0.4 is 11.1 Å². The molecule has 0 saturated carbocycles. The summed E-state index contributed by atoms with van der Waals surface area (Å²) in [4.78, 5) is 21.1. The first-order valence-electron chi connectivity index (χ1n) is 6.37. The molecule has 2 unspecified atom stereocenters. The zero-order chi connectivity index (χ0) is 12.7. The molecule has 0 aromatic heterocycles. The molecule has 1 saturated heterocycles. The van der Waals surface area contributed by atoms with Crippen LogP contribution in [0.25, 0.3) is 0 Å². The third kappa shape index (κ3) is 5.68. The molecule has 17 heavy (non-hydrogen) atoms. The molecule has 0 radical (unpaired) electrons. The van der Waals surface area contributed by atoms with Gasteiger partial charge in [-0.15, -0.1) is 0 Å². The number of nitrogens with two attached hydrogens (primary N) is 1. The van der Waals surface area contributed by atoms with Gasteiger partial charge in [-0.3, -0.25) is 9.59 Å². The van der Waals surface area contributed by atoms with Gasteiger partial charge in [-0.1, -0.05) is 32.1 Å². The highest BCUT2D eigenvalue weighted by Crippen LogP contribution is 2.14. The minimum Gasteiger partial charge on any atom is -0.480 e. The highest BCUT2D eigenvalue weighted by atomic mass is 16.4. The van der Waals surface area contributed by atoms with Gasteiger partial charge in [-0.25, -0.2) is 0 Å². The molecule has 98 valence electrons. The molecule has 2 atom stereocenters. The van der Waals surface area contributed by atoms with Gasteiger partial charge in [0.25, 0.3) is 0 Å². The van der Waals surface area contributed by atoms with Crippen molar-refractivity contribution in [3.05, 3.63) is 0 Å². The summed E-state index contributed by atoms with van der Waals surface area (Å²) in [6, 6.07) is -0.303. The molecular weight excluding hydrogens is 220 g/mol. The molecule has 1 aliphatic rings. The van der Waals surface area contributed by atoms with Gasteiger partial charge in [0, 0.05) is 12.5 Å². The smallest absolute Gasteiger partial charge is 0.320 e. The summed E-state index contributed by atoms with van der Waals surface area (Å²) < 4.78 is 0. The van der Waals surface area contributed by atoms with E-state index in [1.807, 2.05) is 0 Å². The van der Waals surface area contributed by atoms with Gasteiger partial charge < -0.3 is 16.2 Å². The fourth-order valence-electron chi connectivity index (χ4n) is 2.01. The van der Waals surface area contributed by atoms with Gasteiger partial charge >= 0.3 is 5.97 Å². The molecule has 0 aromatic carbocycles. The summed E-state index contributed by atoms with van der Waals surface area (Å²) in [6.45, 7) is 0. The van der Waals surface area contributed by atoms with Gasteiger partial charge in [-0.2, -0.15) is 0 Å². The van der Waals surface area contributed by atoms with Gasteiger partial charge in [0.1, 0.15) is 6.04 Å². The van der Waals surface area contributed by atoms with E-state index in [1.54, 1.807) is 0 Å².